The van der Waals surface area contributed by atoms with Crippen molar-refractivity contribution in [3.8, 4) is 11.5 Å². The molecule has 2 aliphatic rings. The second-order valence-corrected chi connectivity index (χ2v) is 5.08. The Kier molecular flexibility index (Phi) is 2.65. The van der Waals surface area contributed by atoms with Crippen LogP contribution in [0.5, 0.6) is 11.5 Å². The third-order valence-corrected chi connectivity index (χ3v) is 3.79. The average molecular weight is 247 g/mol. The molecule has 1 amide bonds. The van der Waals surface area contributed by atoms with Crippen molar-refractivity contribution >= 4 is 5.91 Å². The molecule has 0 radical (unpaired) electrons. The molecule has 1 fully saturated rings. The fourth-order valence-corrected chi connectivity index (χ4v) is 2.90. The molecule has 96 valence electrons. The first kappa shape index (κ1) is 11.4. The number of amides is 1. The van der Waals surface area contributed by atoms with Gasteiger partial charge in [0, 0.05) is 18.4 Å². The third kappa shape index (κ3) is 1.82. The van der Waals surface area contributed by atoms with Gasteiger partial charge in [0.05, 0.1) is 12.6 Å². The van der Waals surface area contributed by atoms with Gasteiger partial charge < -0.3 is 14.8 Å². The summed E-state index contributed by atoms with van der Waals surface area (Å²) >= 11 is 0. The lowest BCUT2D eigenvalue weighted by Gasteiger charge is -2.41. The van der Waals surface area contributed by atoms with E-state index in [9.17, 15) is 4.79 Å². The van der Waals surface area contributed by atoms with Crippen LogP contribution in [0.25, 0.3) is 0 Å². The first-order valence-corrected chi connectivity index (χ1v) is 6.32. The summed E-state index contributed by atoms with van der Waals surface area (Å²) in [5.41, 5.74) is 0.824. The fraction of sp³-hybridized carbons (Fsp3) is 0.500. The maximum Gasteiger partial charge on any atom is 0.220 e. The summed E-state index contributed by atoms with van der Waals surface area (Å²) in [4.78, 5) is 11.6. The Morgan fingerprint density at radius 3 is 3.11 bits per heavy atom. The highest BCUT2D eigenvalue weighted by Crippen LogP contribution is 2.38. The molecule has 1 atom stereocenters. The van der Waals surface area contributed by atoms with Crippen molar-refractivity contribution in [1.29, 1.82) is 0 Å². The van der Waals surface area contributed by atoms with Crippen LogP contribution < -0.4 is 14.8 Å². The number of hydrogen-bond acceptors (Lipinski definition) is 3. The molecule has 1 N–H and O–H groups in total. The van der Waals surface area contributed by atoms with E-state index in [2.05, 4.69) is 5.32 Å². The molecular formula is C14H17NO3. The zero-order valence-corrected chi connectivity index (χ0v) is 10.5. The quantitative estimate of drug-likeness (QED) is 0.821. The topological polar surface area (TPSA) is 47.6 Å². The zero-order valence-electron chi connectivity index (χ0n) is 10.5. The van der Waals surface area contributed by atoms with Crippen LogP contribution >= 0.6 is 0 Å². The van der Waals surface area contributed by atoms with Crippen molar-refractivity contribution < 1.29 is 14.3 Å². The summed E-state index contributed by atoms with van der Waals surface area (Å²) < 4.78 is 11.2. The molecule has 4 nitrogen and oxygen atoms in total. The summed E-state index contributed by atoms with van der Waals surface area (Å²) in [7, 11) is 1.66. The van der Waals surface area contributed by atoms with E-state index in [0.29, 0.717) is 13.0 Å². The first-order valence-electron chi connectivity index (χ1n) is 6.32. The minimum Gasteiger partial charge on any atom is -0.496 e. The summed E-state index contributed by atoms with van der Waals surface area (Å²) in [5, 5.41) is 3.10. The molecule has 2 heterocycles. The first-order chi connectivity index (χ1) is 8.72. The van der Waals surface area contributed by atoms with Gasteiger partial charge in [-0.3, -0.25) is 4.79 Å². The molecule has 2 aliphatic heterocycles. The number of benzene rings is 1. The Hall–Kier alpha value is -1.71. The molecule has 4 heteroatoms. The summed E-state index contributed by atoms with van der Waals surface area (Å²) in [6.45, 7) is 0.554. The predicted molar refractivity (Wildman–Crippen MR) is 66.9 cm³/mol. The largest absolute Gasteiger partial charge is 0.496 e. The Morgan fingerprint density at radius 1 is 1.44 bits per heavy atom. The van der Waals surface area contributed by atoms with Crippen LogP contribution in [0.4, 0.5) is 0 Å². The van der Waals surface area contributed by atoms with Crippen molar-refractivity contribution in [1.82, 2.24) is 5.32 Å². The van der Waals surface area contributed by atoms with Gasteiger partial charge in [-0.2, -0.15) is 0 Å². The number of methoxy groups -OCH3 is 1. The smallest absolute Gasteiger partial charge is 0.220 e. The molecule has 1 aromatic rings. The van der Waals surface area contributed by atoms with E-state index in [1.807, 2.05) is 18.2 Å². The molecule has 1 spiro atoms. The maximum absolute atomic E-state index is 11.6. The highest BCUT2D eigenvalue weighted by molar-refractivity contribution is 5.78. The number of hydrogen-bond donors (Lipinski definition) is 1. The van der Waals surface area contributed by atoms with Gasteiger partial charge in [0.25, 0.3) is 0 Å². The van der Waals surface area contributed by atoms with Crippen molar-refractivity contribution in [3.63, 3.8) is 0 Å². The lowest BCUT2D eigenvalue weighted by atomic mass is 9.81. The predicted octanol–water partition coefficient (Wildman–Crippen LogP) is 1.67. The van der Waals surface area contributed by atoms with Crippen molar-refractivity contribution in [2.24, 2.45) is 0 Å². The summed E-state index contributed by atoms with van der Waals surface area (Å²) in [6.07, 6.45) is 3.31. The Labute approximate surface area is 106 Å². The minimum atomic E-state index is -0.239. The van der Waals surface area contributed by atoms with E-state index in [1.165, 1.54) is 0 Å². The van der Waals surface area contributed by atoms with Crippen LogP contribution in [-0.2, 0) is 11.2 Å². The van der Waals surface area contributed by atoms with E-state index < -0.39 is 0 Å². The van der Waals surface area contributed by atoms with Crippen LogP contribution in [0.1, 0.15) is 24.8 Å². The number of carbonyl (C=O) groups is 1. The lowest BCUT2D eigenvalue weighted by Crippen LogP contribution is -2.58. The Balaban J connectivity index is 1.94. The summed E-state index contributed by atoms with van der Waals surface area (Å²) in [6, 6.07) is 5.82. The molecule has 18 heavy (non-hydrogen) atoms. The number of nitrogens with one attached hydrogen (secondary N) is 1. The second kappa shape index (κ2) is 4.19. The fourth-order valence-electron chi connectivity index (χ4n) is 2.90. The Morgan fingerprint density at radius 2 is 2.33 bits per heavy atom. The molecule has 0 unspecified atom stereocenters. The number of carbonyl (C=O) groups excluding carboxylic acids is 1. The van der Waals surface area contributed by atoms with Crippen LogP contribution in [0.15, 0.2) is 18.2 Å². The average Bonchev–Trinajstić information content (AvgIpc) is 2.38. The van der Waals surface area contributed by atoms with E-state index >= 15 is 0 Å². The number of rotatable bonds is 1. The van der Waals surface area contributed by atoms with Gasteiger partial charge in [-0.1, -0.05) is 6.07 Å². The standard InChI is InChI=1S/C14H17NO3/c1-17-11-4-2-5-12-10(11)8-14(9-18-12)7-3-6-13(16)15-14/h2,4-5H,3,6-9H2,1H3,(H,15,16)/t14-/m1/s1. The van der Waals surface area contributed by atoms with Crippen LogP contribution in [-0.4, -0.2) is 25.2 Å². The number of ether oxygens (including phenoxy) is 2. The van der Waals surface area contributed by atoms with E-state index in [4.69, 9.17) is 9.47 Å². The zero-order chi connectivity index (χ0) is 12.6. The van der Waals surface area contributed by atoms with E-state index in [1.54, 1.807) is 7.11 Å². The van der Waals surface area contributed by atoms with Gasteiger partial charge in [0.2, 0.25) is 5.91 Å². The molecule has 1 saturated heterocycles. The van der Waals surface area contributed by atoms with Gasteiger partial charge in [-0.25, -0.2) is 0 Å². The van der Waals surface area contributed by atoms with Gasteiger partial charge in [0.1, 0.15) is 18.1 Å². The molecular weight excluding hydrogens is 230 g/mol. The van der Waals surface area contributed by atoms with Gasteiger partial charge in [-0.05, 0) is 25.0 Å². The third-order valence-electron chi connectivity index (χ3n) is 3.79. The normalized spacial score (nSPS) is 26.2. The molecule has 3 rings (SSSR count). The SMILES string of the molecule is COc1cccc2c1C[C@]1(CCCC(=O)N1)CO2. The van der Waals surface area contributed by atoms with Crippen LogP contribution in [0, 0.1) is 0 Å². The van der Waals surface area contributed by atoms with Crippen LogP contribution in [0.3, 0.4) is 0 Å². The van der Waals surface area contributed by atoms with E-state index in [-0.39, 0.29) is 11.4 Å². The van der Waals surface area contributed by atoms with Crippen LogP contribution in [0.2, 0.25) is 0 Å². The van der Waals surface area contributed by atoms with Gasteiger partial charge in [0.15, 0.2) is 0 Å². The molecule has 1 aromatic carbocycles. The molecule has 0 bridgehead atoms. The summed E-state index contributed by atoms with van der Waals surface area (Å²) in [5.74, 6) is 1.84. The van der Waals surface area contributed by atoms with Crippen molar-refractivity contribution in [2.45, 2.75) is 31.2 Å². The van der Waals surface area contributed by atoms with E-state index in [0.717, 1.165) is 36.3 Å². The minimum absolute atomic E-state index is 0.128. The Bertz CT molecular complexity index is 472. The van der Waals surface area contributed by atoms with Crippen molar-refractivity contribution in [3.05, 3.63) is 23.8 Å². The molecule has 0 aromatic heterocycles. The second-order valence-electron chi connectivity index (χ2n) is 5.08. The molecule has 0 saturated carbocycles. The highest BCUT2D eigenvalue weighted by atomic mass is 16.5. The number of piperidine rings is 1. The van der Waals surface area contributed by atoms with Crippen molar-refractivity contribution in [2.75, 3.05) is 13.7 Å². The lowest BCUT2D eigenvalue weighted by molar-refractivity contribution is -0.126. The number of fused-ring (bicyclic) bond motifs is 1. The monoisotopic (exact) mass is 247 g/mol. The van der Waals surface area contributed by atoms with Gasteiger partial charge in [-0.15, -0.1) is 0 Å². The van der Waals surface area contributed by atoms with Gasteiger partial charge >= 0.3 is 0 Å². The molecule has 0 aliphatic carbocycles. The maximum atomic E-state index is 11.6. The highest BCUT2D eigenvalue weighted by Gasteiger charge is 2.40.